The van der Waals surface area contributed by atoms with Crippen LogP contribution in [-0.2, 0) is 0 Å². The molecule has 13 heavy (non-hydrogen) atoms. The summed E-state index contributed by atoms with van der Waals surface area (Å²) in [5, 5.41) is 0. The Hall–Kier alpha value is -1.25. The van der Waals surface area contributed by atoms with Crippen molar-refractivity contribution in [3.8, 4) is 5.88 Å². The van der Waals surface area contributed by atoms with Gasteiger partial charge in [-0.2, -0.15) is 0 Å². The molecule has 1 aromatic rings. The predicted octanol–water partition coefficient (Wildman–Crippen LogP) is 2.01. The van der Waals surface area contributed by atoms with Crippen LogP contribution in [0.4, 0.5) is 5.69 Å². The molecule has 0 fully saturated rings. The minimum absolute atomic E-state index is 0.488. The molecule has 0 saturated carbocycles. The Morgan fingerprint density at radius 1 is 1.54 bits per heavy atom. The molecule has 3 heteroatoms. The number of hydrogen-bond acceptors (Lipinski definition) is 3. The van der Waals surface area contributed by atoms with E-state index >= 15 is 0 Å². The van der Waals surface area contributed by atoms with Crippen molar-refractivity contribution in [1.29, 1.82) is 0 Å². The molecule has 0 unspecified atom stereocenters. The maximum absolute atomic E-state index is 5.78. The van der Waals surface area contributed by atoms with Gasteiger partial charge in [-0.3, -0.25) is 0 Å². The smallest absolute Gasteiger partial charge is 0.237 e. The molecule has 0 amide bonds. The SMILES string of the molecule is Cc1ccnc(OCC(C)C)c1N. The molecular weight excluding hydrogens is 164 g/mol. The molecule has 3 nitrogen and oxygen atoms in total. The Labute approximate surface area is 78.9 Å². The van der Waals surface area contributed by atoms with Gasteiger partial charge in [-0.1, -0.05) is 13.8 Å². The first kappa shape index (κ1) is 9.84. The third kappa shape index (κ3) is 2.61. The molecule has 1 aromatic heterocycles. The molecule has 0 radical (unpaired) electrons. The second-order valence-electron chi connectivity index (χ2n) is 3.55. The minimum atomic E-state index is 0.488. The number of aryl methyl sites for hydroxylation is 1. The molecule has 0 atom stereocenters. The lowest BCUT2D eigenvalue weighted by molar-refractivity contribution is 0.263. The first-order chi connectivity index (χ1) is 6.11. The van der Waals surface area contributed by atoms with E-state index in [1.165, 1.54) is 0 Å². The zero-order valence-electron chi connectivity index (χ0n) is 8.37. The topological polar surface area (TPSA) is 48.1 Å². The van der Waals surface area contributed by atoms with Crippen LogP contribution < -0.4 is 10.5 Å². The largest absolute Gasteiger partial charge is 0.476 e. The normalized spacial score (nSPS) is 10.5. The summed E-state index contributed by atoms with van der Waals surface area (Å²) in [4.78, 5) is 4.06. The van der Waals surface area contributed by atoms with Crippen molar-refractivity contribution in [2.24, 2.45) is 5.92 Å². The fourth-order valence-electron chi connectivity index (χ4n) is 0.905. The van der Waals surface area contributed by atoms with Crippen molar-refractivity contribution >= 4 is 5.69 Å². The monoisotopic (exact) mass is 180 g/mol. The summed E-state index contributed by atoms with van der Waals surface area (Å²) in [7, 11) is 0. The fraction of sp³-hybridized carbons (Fsp3) is 0.500. The molecule has 1 heterocycles. The summed E-state index contributed by atoms with van der Waals surface area (Å²) in [5.74, 6) is 1.04. The van der Waals surface area contributed by atoms with E-state index in [0.717, 1.165) is 5.56 Å². The van der Waals surface area contributed by atoms with Gasteiger partial charge in [-0.05, 0) is 24.5 Å². The molecule has 0 aliphatic carbocycles. The highest BCUT2D eigenvalue weighted by atomic mass is 16.5. The molecule has 2 N–H and O–H groups in total. The van der Waals surface area contributed by atoms with Gasteiger partial charge in [0.1, 0.15) is 0 Å². The lowest BCUT2D eigenvalue weighted by Crippen LogP contribution is -2.08. The number of pyridine rings is 1. The van der Waals surface area contributed by atoms with Crippen LogP contribution in [0, 0.1) is 12.8 Å². The van der Waals surface area contributed by atoms with E-state index in [-0.39, 0.29) is 0 Å². The maximum atomic E-state index is 5.78. The molecule has 1 rings (SSSR count). The number of anilines is 1. The molecule has 0 aliphatic heterocycles. The van der Waals surface area contributed by atoms with Gasteiger partial charge in [-0.15, -0.1) is 0 Å². The molecule has 0 aromatic carbocycles. The second kappa shape index (κ2) is 4.12. The van der Waals surface area contributed by atoms with Gasteiger partial charge in [0.25, 0.3) is 0 Å². The standard InChI is InChI=1S/C10H16N2O/c1-7(2)6-13-10-9(11)8(3)4-5-12-10/h4-5,7H,6,11H2,1-3H3. The van der Waals surface area contributed by atoms with E-state index in [1.54, 1.807) is 6.20 Å². The van der Waals surface area contributed by atoms with Crippen LogP contribution in [0.3, 0.4) is 0 Å². The van der Waals surface area contributed by atoms with Gasteiger partial charge in [0.2, 0.25) is 5.88 Å². The van der Waals surface area contributed by atoms with Gasteiger partial charge in [0.05, 0.1) is 12.3 Å². The van der Waals surface area contributed by atoms with Gasteiger partial charge in [0.15, 0.2) is 0 Å². The van der Waals surface area contributed by atoms with E-state index in [9.17, 15) is 0 Å². The molecular formula is C10H16N2O. The summed E-state index contributed by atoms with van der Waals surface area (Å²) in [6.07, 6.45) is 1.71. The van der Waals surface area contributed by atoms with E-state index in [0.29, 0.717) is 24.1 Å². The van der Waals surface area contributed by atoms with Crippen molar-refractivity contribution in [3.63, 3.8) is 0 Å². The Balaban J connectivity index is 2.71. The van der Waals surface area contributed by atoms with E-state index < -0.39 is 0 Å². The van der Waals surface area contributed by atoms with Crippen LogP contribution in [0.25, 0.3) is 0 Å². The van der Waals surface area contributed by atoms with Crippen LogP contribution in [-0.4, -0.2) is 11.6 Å². The number of ether oxygens (including phenoxy) is 1. The van der Waals surface area contributed by atoms with Crippen molar-refractivity contribution in [3.05, 3.63) is 17.8 Å². The molecule has 0 saturated heterocycles. The molecule has 0 bridgehead atoms. The van der Waals surface area contributed by atoms with Gasteiger partial charge < -0.3 is 10.5 Å². The van der Waals surface area contributed by atoms with Gasteiger partial charge in [-0.25, -0.2) is 4.98 Å². The maximum Gasteiger partial charge on any atom is 0.237 e. The van der Waals surface area contributed by atoms with Crippen molar-refractivity contribution in [2.45, 2.75) is 20.8 Å². The number of rotatable bonds is 3. The van der Waals surface area contributed by atoms with Gasteiger partial charge in [0, 0.05) is 6.20 Å². The summed E-state index contributed by atoms with van der Waals surface area (Å²) < 4.78 is 5.44. The van der Waals surface area contributed by atoms with Crippen molar-refractivity contribution < 1.29 is 4.74 Å². The summed E-state index contributed by atoms with van der Waals surface area (Å²) >= 11 is 0. The molecule has 0 spiro atoms. The highest BCUT2D eigenvalue weighted by molar-refractivity contribution is 5.53. The second-order valence-corrected chi connectivity index (χ2v) is 3.55. The third-order valence-corrected chi connectivity index (χ3v) is 1.72. The van der Waals surface area contributed by atoms with Gasteiger partial charge >= 0.3 is 0 Å². The zero-order chi connectivity index (χ0) is 9.84. The Morgan fingerprint density at radius 3 is 2.85 bits per heavy atom. The van der Waals surface area contributed by atoms with Crippen LogP contribution in [0.1, 0.15) is 19.4 Å². The number of nitrogens with two attached hydrogens (primary N) is 1. The number of aromatic nitrogens is 1. The number of nitrogens with zero attached hydrogens (tertiary/aromatic N) is 1. The lowest BCUT2D eigenvalue weighted by atomic mass is 10.2. The lowest BCUT2D eigenvalue weighted by Gasteiger charge is -2.10. The highest BCUT2D eigenvalue weighted by Crippen LogP contribution is 2.21. The summed E-state index contributed by atoms with van der Waals surface area (Å²) in [6.45, 7) is 6.78. The van der Waals surface area contributed by atoms with Crippen LogP contribution >= 0.6 is 0 Å². The van der Waals surface area contributed by atoms with Crippen LogP contribution in [0.15, 0.2) is 12.3 Å². The van der Waals surface area contributed by atoms with E-state index in [1.807, 2.05) is 13.0 Å². The van der Waals surface area contributed by atoms with E-state index in [2.05, 4.69) is 18.8 Å². The summed E-state index contributed by atoms with van der Waals surface area (Å²) in [5.41, 5.74) is 7.43. The average molecular weight is 180 g/mol. The Bertz CT molecular complexity index is 284. The first-order valence-electron chi connectivity index (χ1n) is 4.45. The van der Waals surface area contributed by atoms with Crippen LogP contribution in [0.5, 0.6) is 5.88 Å². The van der Waals surface area contributed by atoms with Crippen LogP contribution in [0.2, 0.25) is 0 Å². The zero-order valence-corrected chi connectivity index (χ0v) is 8.37. The number of hydrogen-bond donors (Lipinski definition) is 1. The third-order valence-electron chi connectivity index (χ3n) is 1.72. The van der Waals surface area contributed by atoms with Crippen molar-refractivity contribution in [2.75, 3.05) is 12.3 Å². The highest BCUT2D eigenvalue weighted by Gasteiger charge is 2.04. The summed E-state index contributed by atoms with van der Waals surface area (Å²) in [6, 6.07) is 1.87. The first-order valence-corrected chi connectivity index (χ1v) is 4.45. The fourth-order valence-corrected chi connectivity index (χ4v) is 0.905. The quantitative estimate of drug-likeness (QED) is 0.774. The molecule has 72 valence electrons. The minimum Gasteiger partial charge on any atom is -0.476 e. The average Bonchev–Trinajstić information content (AvgIpc) is 2.07. The van der Waals surface area contributed by atoms with Crippen molar-refractivity contribution in [1.82, 2.24) is 4.98 Å². The van der Waals surface area contributed by atoms with E-state index in [4.69, 9.17) is 10.5 Å². The number of nitrogen functional groups attached to an aromatic ring is 1. The Morgan fingerprint density at radius 2 is 2.23 bits per heavy atom. The Kier molecular flexibility index (Phi) is 3.12. The molecule has 0 aliphatic rings. The predicted molar refractivity (Wildman–Crippen MR) is 53.7 cm³/mol.